The second-order valence-corrected chi connectivity index (χ2v) is 5.80. The Hall–Kier alpha value is -1.31. The van der Waals surface area contributed by atoms with Crippen LogP contribution < -0.4 is 0 Å². The van der Waals surface area contributed by atoms with Crippen LogP contribution in [0.5, 0.6) is 0 Å². The van der Waals surface area contributed by atoms with Gasteiger partial charge in [0.25, 0.3) is 0 Å². The molecule has 0 saturated heterocycles. The van der Waals surface area contributed by atoms with E-state index in [9.17, 15) is 10.1 Å². The quantitative estimate of drug-likeness (QED) is 0.782. The van der Waals surface area contributed by atoms with E-state index in [1.165, 1.54) is 6.20 Å². The summed E-state index contributed by atoms with van der Waals surface area (Å²) in [7, 11) is 0. The predicted octanol–water partition coefficient (Wildman–Crippen LogP) is 3.65. The molecule has 0 fully saturated rings. The largest absolute Gasteiger partial charge is 0.459 e. The highest BCUT2D eigenvalue weighted by molar-refractivity contribution is 6.36. The summed E-state index contributed by atoms with van der Waals surface area (Å²) in [4.78, 5) is 16.0. The number of hydrogen-bond donors (Lipinski definition) is 0. The summed E-state index contributed by atoms with van der Waals surface area (Å²) in [5, 5.41) is 9.58. The normalized spacial score (nSPS) is 12.7. The SMILES string of the molecule is Cc1ncc(Cl)c(C(C#N)C(=O)OC(C)(C)C)c1Cl. The van der Waals surface area contributed by atoms with Gasteiger partial charge in [-0.1, -0.05) is 23.2 Å². The van der Waals surface area contributed by atoms with Crippen LogP contribution in [0, 0.1) is 18.3 Å². The van der Waals surface area contributed by atoms with Crippen LogP contribution >= 0.6 is 23.2 Å². The molecule has 0 aromatic carbocycles. The van der Waals surface area contributed by atoms with Gasteiger partial charge in [0, 0.05) is 11.8 Å². The first-order valence-electron chi connectivity index (χ1n) is 5.60. The number of esters is 1. The Morgan fingerprint density at radius 3 is 2.53 bits per heavy atom. The number of aryl methyl sites for hydroxylation is 1. The van der Waals surface area contributed by atoms with Gasteiger partial charge in [0.05, 0.1) is 21.8 Å². The Balaban J connectivity index is 3.23. The van der Waals surface area contributed by atoms with Crippen molar-refractivity contribution in [1.82, 2.24) is 4.98 Å². The van der Waals surface area contributed by atoms with Gasteiger partial charge in [0.2, 0.25) is 0 Å². The highest BCUT2D eigenvalue weighted by Crippen LogP contribution is 2.33. The van der Waals surface area contributed by atoms with Gasteiger partial charge in [0.1, 0.15) is 5.60 Å². The molecule has 0 amide bonds. The minimum absolute atomic E-state index is 0.174. The van der Waals surface area contributed by atoms with Gasteiger partial charge in [0.15, 0.2) is 5.92 Å². The summed E-state index contributed by atoms with van der Waals surface area (Å²) in [5.41, 5.74) is 0.0604. The lowest BCUT2D eigenvalue weighted by atomic mass is 10.0. The molecule has 1 heterocycles. The molecule has 19 heavy (non-hydrogen) atoms. The average molecular weight is 301 g/mol. The van der Waals surface area contributed by atoms with Gasteiger partial charge in [-0.15, -0.1) is 0 Å². The third-order valence-corrected chi connectivity index (χ3v) is 3.02. The molecule has 1 atom stereocenters. The number of ether oxygens (including phenoxy) is 1. The van der Waals surface area contributed by atoms with E-state index in [1.807, 2.05) is 6.07 Å². The van der Waals surface area contributed by atoms with E-state index in [1.54, 1.807) is 27.7 Å². The van der Waals surface area contributed by atoms with E-state index < -0.39 is 17.5 Å². The van der Waals surface area contributed by atoms with Gasteiger partial charge in [-0.3, -0.25) is 9.78 Å². The zero-order chi connectivity index (χ0) is 14.8. The summed E-state index contributed by atoms with van der Waals surface area (Å²) >= 11 is 12.1. The second-order valence-electron chi connectivity index (χ2n) is 5.01. The van der Waals surface area contributed by atoms with Crippen molar-refractivity contribution in [3.8, 4) is 6.07 Å². The van der Waals surface area contributed by atoms with E-state index in [-0.39, 0.29) is 15.6 Å². The van der Waals surface area contributed by atoms with E-state index in [0.29, 0.717) is 5.69 Å². The van der Waals surface area contributed by atoms with Crippen LogP contribution in [0.3, 0.4) is 0 Å². The number of nitriles is 1. The monoisotopic (exact) mass is 300 g/mol. The lowest BCUT2D eigenvalue weighted by molar-refractivity contribution is -0.155. The predicted molar refractivity (Wildman–Crippen MR) is 73.2 cm³/mol. The molecular formula is C13H14Cl2N2O2. The second kappa shape index (κ2) is 5.77. The molecule has 0 bridgehead atoms. The maximum atomic E-state index is 12.0. The molecule has 1 rings (SSSR count). The van der Waals surface area contributed by atoms with Crippen molar-refractivity contribution in [2.75, 3.05) is 0 Å². The van der Waals surface area contributed by atoms with Crippen LogP contribution in [0.4, 0.5) is 0 Å². The Morgan fingerprint density at radius 2 is 2.05 bits per heavy atom. The number of rotatable bonds is 2. The van der Waals surface area contributed by atoms with Gasteiger partial charge in [-0.05, 0) is 27.7 Å². The van der Waals surface area contributed by atoms with Crippen molar-refractivity contribution in [1.29, 1.82) is 5.26 Å². The van der Waals surface area contributed by atoms with Gasteiger partial charge in [-0.25, -0.2) is 0 Å². The number of hydrogen-bond acceptors (Lipinski definition) is 4. The number of aromatic nitrogens is 1. The van der Waals surface area contributed by atoms with E-state index >= 15 is 0 Å². The van der Waals surface area contributed by atoms with Crippen molar-refractivity contribution >= 4 is 29.2 Å². The lowest BCUT2D eigenvalue weighted by Crippen LogP contribution is -2.27. The molecule has 1 aromatic rings. The minimum Gasteiger partial charge on any atom is -0.459 e. The molecule has 102 valence electrons. The highest BCUT2D eigenvalue weighted by Gasteiger charge is 2.30. The molecule has 0 radical (unpaired) electrons. The molecule has 0 aliphatic carbocycles. The first kappa shape index (κ1) is 15.7. The van der Waals surface area contributed by atoms with Crippen molar-refractivity contribution < 1.29 is 9.53 Å². The highest BCUT2D eigenvalue weighted by atomic mass is 35.5. The molecule has 4 nitrogen and oxygen atoms in total. The first-order chi connectivity index (χ1) is 8.67. The zero-order valence-corrected chi connectivity index (χ0v) is 12.6. The van der Waals surface area contributed by atoms with Gasteiger partial charge < -0.3 is 4.74 Å². The van der Waals surface area contributed by atoms with Gasteiger partial charge >= 0.3 is 5.97 Å². The fourth-order valence-corrected chi connectivity index (χ4v) is 2.00. The number of carbonyl (C=O) groups excluding carboxylic acids is 1. The van der Waals surface area contributed by atoms with Crippen LogP contribution in [0.25, 0.3) is 0 Å². The summed E-state index contributed by atoms with van der Waals surface area (Å²) in [6.07, 6.45) is 1.37. The molecular weight excluding hydrogens is 287 g/mol. The van der Waals surface area contributed by atoms with Crippen molar-refractivity contribution in [3.05, 3.63) is 27.5 Å². The van der Waals surface area contributed by atoms with Crippen molar-refractivity contribution in [2.24, 2.45) is 0 Å². The average Bonchev–Trinajstić information content (AvgIpc) is 2.27. The fourth-order valence-electron chi connectivity index (χ4n) is 1.44. The molecule has 0 aliphatic heterocycles. The van der Waals surface area contributed by atoms with Crippen LogP contribution in [0.2, 0.25) is 10.0 Å². The summed E-state index contributed by atoms with van der Waals surface area (Å²) in [6.45, 7) is 6.84. The Kier molecular flexibility index (Phi) is 4.78. The van der Waals surface area contributed by atoms with E-state index in [4.69, 9.17) is 27.9 Å². The minimum atomic E-state index is -1.17. The molecule has 0 aliphatic rings. The van der Waals surface area contributed by atoms with Crippen LogP contribution in [-0.4, -0.2) is 16.6 Å². The number of carbonyl (C=O) groups is 1. The number of halogens is 2. The Morgan fingerprint density at radius 1 is 1.47 bits per heavy atom. The van der Waals surface area contributed by atoms with Crippen molar-refractivity contribution in [2.45, 2.75) is 39.2 Å². The molecule has 1 aromatic heterocycles. The van der Waals surface area contributed by atoms with E-state index in [0.717, 1.165) is 0 Å². The van der Waals surface area contributed by atoms with Crippen molar-refractivity contribution in [3.63, 3.8) is 0 Å². The standard InChI is InChI=1S/C13H14Cl2N2O2/c1-7-11(15)10(9(14)6-17-7)8(5-16)12(18)19-13(2,3)4/h6,8H,1-4H3. The molecule has 1 unspecified atom stereocenters. The summed E-state index contributed by atoms with van der Waals surface area (Å²) < 4.78 is 5.20. The first-order valence-corrected chi connectivity index (χ1v) is 6.36. The number of pyridine rings is 1. The Labute approximate surface area is 122 Å². The fraction of sp³-hybridized carbons (Fsp3) is 0.462. The van der Waals surface area contributed by atoms with E-state index in [2.05, 4.69) is 4.98 Å². The maximum Gasteiger partial charge on any atom is 0.328 e. The maximum absolute atomic E-state index is 12.0. The third-order valence-electron chi connectivity index (χ3n) is 2.24. The lowest BCUT2D eigenvalue weighted by Gasteiger charge is -2.22. The van der Waals surface area contributed by atoms with Crippen LogP contribution in [-0.2, 0) is 9.53 Å². The van der Waals surface area contributed by atoms with Crippen LogP contribution in [0.1, 0.15) is 37.9 Å². The van der Waals surface area contributed by atoms with Gasteiger partial charge in [-0.2, -0.15) is 5.26 Å². The summed E-state index contributed by atoms with van der Waals surface area (Å²) in [5.74, 6) is -1.84. The Bertz CT molecular complexity index is 545. The molecule has 6 heteroatoms. The smallest absolute Gasteiger partial charge is 0.328 e. The van der Waals surface area contributed by atoms with Crippen LogP contribution in [0.15, 0.2) is 6.20 Å². The number of nitrogens with zero attached hydrogens (tertiary/aromatic N) is 2. The topological polar surface area (TPSA) is 63.0 Å². The third kappa shape index (κ3) is 3.82. The molecule has 0 spiro atoms. The molecule has 0 saturated carbocycles. The molecule has 0 N–H and O–H groups in total. The zero-order valence-electron chi connectivity index (χ0n) is 11.1. The summed E-state index contributed by atoms with van der Waals surface area (Å²) in [6, 6.07) is 1.88.